The van der Waals surface area contributed by atoms with E-state index in [4.69, 9.17) is 0 Å². The predicted octanol–water partition coefficient (Wildman–Crippen LogP) is 2.75. The van der Waals surface area contributed by atoms with E-state index in [-0.39, 0.29) is 17.3 Å². The van der Waals surface area contributed by atoms with Gasteiger partial charge in [-0.15, -0.1) is 22.0 Å². The van der Waals surface area contributed by atoms with Crippen LogP contribution in [0.1, 0.15) is 6.42 Å². The Morgan fingerprint density at radius 2 is 2.22 bits per heavy atom. The van der Waals surface area contributed by atoms with Crippen LogP contribution in [-0.4, -0.2) is 44.6 Å². The van der Waals surface area contributed by atoms with E-state index >= 15 is 0 Å². The summed E-state index contributed by atoms with van der Waals surface area (Å²) >= 11 is 1.88. The fraction of sp³-hybridized carbons (Fsp3) is 0.455. The molecule has 23 heavy (non-hydrogen) atoms. The largest absolute Gasteiger partial charge is 0.400 e. The van der Waals surface area contributed by atoms with E-state index in [9.17, 15) is 18.0 Å². The van der Waals surface area contributed by atoms with Gasteiger partial charge in [0.05, 0.1) is 0 Å². The Bertz CT molecular complexity index is 676. The molecule has 1 fully saturated rings. The van der Waals surface area contributed by atoms with Crippen LogP contribution in [0.3, 0.4) is 0 Å². The molecule has 0 saturated carbocycles. The number of hydrogen-bond acceptors (Lipinski definition) is 7. The minimum absolute atomic E-state index is 0.137. The molecule has 12 heteroatoms. The third kappa shape index (κ3) is 3.93. The minimum Gasteiger partial charge on any atom is -0.364 e. The van der Waals surface area contributed by atoms with Crippen molar-refractivity contribution in [2.45, 2.75) is 23.9 Å². The van der Waals surface area contributed by atoms with Crippen LogP contribution in [0.25, 0.3) is 10.7 Å². The van der Waals surface area contributed by atoms with E-state index in [2.05, 4.69) is 30.5 Å². The highest BCUT2D eigenvalue weighted by atomic mass is 32.2. The third-order valence-electron chi connectivity index (χ3n) is 3.00. The first kappa shape index (κ1) is 16.1. The number of alkyl halides is 3. The molecule has 0 bridgehead atoms. The molecular formula is C11H10F3N5O2S2. The summed E-state index contributed by atoms with van der Waals surface area (Å²) in [6, 6.07) is 0.452. The minimum atomic E-state index is -4.25. The molecule has 7 nitrogen and oxygen atoms in total. The summed E-state index contributed by atoms with van der Waals surface area (Å²) in [5.41, 5.74) is 0.483. The number of nitrogens with zero attached hydrogens (tertiary/aromatic N) is 3. The van der Waals surface area contributed by atoms with E-state index in [0.29, 0.717) is 10.7 Å². The second-order valence-corrected chi connectivity index (χ2v) is 6.90. The standard InChI is InChI=1S/C11H10F3N5O2S2/c12-11(13,14)7-3-5(4-22-7)15-9(20)16-10-18-17-8(23-10)6-1-2-21-19-6/h1-2,5,7H,3-4H2,(H2,15,16,18,20). The van der Waals surface area contributed by atoms with Crippen molar-refractivity contribution in [2.75, 3.05) is 11.1 Å². The third-order valence-corrected chi connectivity index (χ3v) is 5.32. The summed E-state index contributed by atoms with van der Waals surface area (Å²) in [7, 11) is 0. The molecule has 2 aromatic rings. The number of rotatable bonds is 3. The van der Waals surface area contributed by atoms with Crippen molar-refractivity contribution >= 4 is 34.3 Å². The molecule has 124 valence electrons. The van der Waals surface area contributed by atoms with Gasteiger partial charge in [0.15, 0.2) is 5.01 Å². The number of thioether (sulfide) groups is 1. The highest BCUT2D eigenvalue weighted by Gasteiger charge is 2.45. The van der Waals surface area contributed by atoms with E-state index < -0.39 is 23.5 Å². The lowest BCUT2D eigenvalue weighted by Crippen LogP contribution is -2.39. The quantitative estimate of drug-likeness (QED) is 0.869. The lowest BCUT2D eigenvalue weighted by molar-refractivity contribution is -0.129. The van der Waals surface area contributed by atoms with Crippen molar-refractivity contribution in [2.24, 2.45) is 0 Å². The van der Waals surface area contributed by atoms with Gasteiger partial charge in [-0.05, 0) is 6.42 Å². The van der Waals surface area contributed by atoms with Crippen molar-refractivity contribution in [3.63, 3.8) is 0 Å². The van der Waals surface area contributed by atoms with Crippen LogP contribution in [0.5, 0.6) is 0 Å². The molecule has 2 aromatic heterocycles. The lowest BCUT2D eigenvalue weighted by atomic mass is 10.2. The molecule has 2 N–H and O–H groups in total. The summed E-state index contributed by atoms with van der Waals surface area (Å²) in [5.74, 6) is 0.220. The van der Waals surface area contributed by atoms with Gasteiger partial charge in [-0.1, -0.05) is 16.5 Å². The van der Waals surface area contributed by atoms with Crippen LogP contribution >= 0.6 is 23.1 Å². The van der Waals surface area contributed by atoms with Crippen LogP contribution < -0.4 is 10.6 Å². The maximum absolute atomic E-state index is 12.6. The number of carbonyl (C=O) groups excluding carboxylic acids is 1. The van der Waals surface area contributed by atoms with Gasteiger partial charge in [0.2, 0.25) is 5.13 Å². The van der Waals surface area contributed by atoms with E-state index in [0.717, 1.165) is 23.1 Å². The maximum atomic E-state index is 12.6. The zero-order valence-corrected chi connectivity index (χ0v) is 13.0. The molecule has 0 aliphatic carbocycles. The van der Waals surface area contributed by atoms with Gasteiger partial charge in [0.25, 0.3) is 0 Å². The molecule has 0 radical (unpaired) electrons. The maximum Gasteiger partial charge on any atom is 0.400 e. The van der Waals surface area contributed by atoms with Gasteiger partial charge in [-0.2, -0.15) is 13.2 Å². The second-order valence-electron chi connectivity index (χ2n) is 4.69. The molecule has 0 spiro atoms. The smallest absolute Gasteiger partial charge is 0.364 e. The van der Waals surface area contributed by atoms with E-state index in [1.807, 2.05) is 0 Å². The number of halogens is 3. The Labute approximate surface area is 136 Å². The Hall–Kier alpha value is -1.82. The molecule has 3 rings (SSSR count). The first-order valence-corrected chi connectivity index (χ1v) is 8.28. The monoisotopic (exact) mass is 365 g/mol. The Balaban J connectivity index is 1.52. The summed E-state index contributed by atoms with van der Waals surface area (Å²) in [6.45, 7) is 0. The first-order chi connectivity index (χ1) is 10.9. The Morgan fingerprint density at radius 3 is 2.87 bits per heavy atom. The lowest BCUT2D eigenvalue weighted by Gasteiger charge is -2.14. The molecular weight excluding hydrogens is 355 g/mol. The van der Waals surface area contributed by atoms with Crippen LogP contribution in [0, 0.1) is 0 Å². The summed E-state index contributed by atoms with van der Waals surface area (Å²) < 4.78 is 42.4. The zero-order chi connectivity index (χ0) is 16.4. The molecule has 1 aliphatic heterocycles. The van der Waals surface area contributed by atoms with Crippen molar-refractivity contribution < 1.29 is 22.5 Å². The van der Waals surface area contributed by atoms with Gasteiger partial charge in [-0.3, -0.25) is 5.32 Å². The SMILES string of the molecule is O=C(Nc1nnc(-c2ccon2)s1)NC1CSC(C(F)(F)F)C1. The van der Waals surface area contributed by atoms with Gasteiger partial charge in [0.1, 0.15) is 17.2 Å². The number of urea groups is 1. The number of anilines is 1. The van der Waals surface area contributed by atoms with Crippen LogP contribution in [-0.2, 0) is 0 Å². The average molecular weight is 365 g/mol. The fourth-order valence-corrected chi connectivity index (χ4v) is 3.92. The second kappa shape index (κ2) is 6.35. The number of nitrogens with one attached hydrogen (secondary N) is 2. The van der Waals surface area contributed by atoms with Gasteiger partial charge in [-0.25, -0.2) is 4.79 Å². The average Bonchev–Trinajstić information content (AvgIpc) is 3.17. The molecule has 1 saturated heterocycles. The van der Waals surface area contributed by atoms with Crippen molar-refractivity contribution in [1.82, 2.24) is 20.7 Å². The molecule has 2 amide bonds. The van der Waals surface area contributed by atoms with Crippen LogP contribution in [0.4, 0.5) is 23.1 Å². The number of aromatic nitrogens is 3. The molecule has 2 atom stereocenters. The number of carbonyl (C=O) groups is 1. The van der Waals surface area contributed by atoms with E-state index in [1.165, 1.54) is 6.26 Å². The van der Waals surface area contributed by atoms with Crippen LogP contribution in [0.15, 0.2) is 16.9 Å². The fourth-order valence-electron chi connectivity index (χ4n) is 1.97. The van der Waals surface area contributed by atoms with E-state index in [1.54, 1.807) is 6.07 Å². The van der Waals surface area contributed by atoms with Crippen molar-refractivity contribution in [1.29, 1.82) is 0 Å². The Kier molecular flexibility index (Phi) is 4.43. The van der Waals surface area contributed by atoms with Gasteiger partial charge in [0, 0.05) is 17.9 Å². The molecule has 2 unspecified atom stereocenters. The first-order valence-electron chi connectivity index (χ1n) is 6.42. The number of amides is 2. The van der Waals surface area contributed by atoms with Crippen molar-refractivity contribution in [3.05, 3.63) is 12.3 Å². The predicted molar refractivity (Wildman–Crippen MR) is 78.3 cm³/mol. The molecule has 0 aromatic carbocycles. The summed E-state index contributed by atoms with van der Waals surface area (Å²) in [5, 5.41) is 15.5. The summed E-state index contributed by atoms with van der Waals surface area (Å²) in [6.07, 6.45) is -3.00. The normalized spacial score (nSPS) is 21.3. The molecule has 3 heterocycles. The zero-order valence-electron chi connectivity index (χ0n) is 11.3. The van der Waals surface area contributed by atoms with Crippen molar-refractivity contribution in [3.8, 4) is 10.7 Å². The Morgan fingerprint density at radius 1 is 1.39 bits per heavy atom. The molecule has 1 aliphatic rings. The topological polar surface area (TPSA) is 92.9 Å². The van der Waals surface area contributed by atoms with Gasteiger partial charge >= 0.3 is 12.2 Å². The number of hydrogen-bond donors (Lipinski definition) is 2. The van der Waals surface area contributed by atoms with Crippen LogP contribution in [0.2, 0.25) is 0 Å². The highest BCUT2D eigenvalue weighted by Crippen LogP contribution is 2.38. The highest BCUT2D eigenvalue weighted by molar-refractivity contribution is 8.00. The van der Waals surface area contributed by atoms with Gasteiger partial charge < -0.3 is 9.84 Å². The summed E-state index contributed by atoms with van der Waals surface area (Å²) in [4.78, 5) is 11.8.